The van der Waals surface area contributed by atoms with Crippen LogP contribution in [0.4, 0.5) is 4.39 Å². The maximum atomic E-state index is 12.8. The molecule has 1 aromatic rings. The fourth-order valence-electron chi connectivity index (χ4n) is 2.16. The van der Waals surface area contributed by atoms with Gasteiger partial charge in [-0.05, 0) is 17.7 Å². The number of hydrogen-bond acceptors (Lipinski definition) is 3. The number of benzene rings is 1. The number of carbonyl (C=O) groups is 2. The average molecular weight is 266 g/mol. The molecule has 102 valence electrons. The Bertz CT molecular complexity index is 475. The minimum absolute atomic E-state index is 0.229. The van der Waals surface area contributed by atoms with Crippen LogP contribution in [0.2, 0.25) is 0 Å². The molecule has 1 fully saturated rings. The minimum Gasteiger partial charge on any atom is -0.481 e. The quantitative estimate of drug-likeness (QED) is 0.837. The van der Waals surface area contributed by atoms with Gasteiger partial charge in [-0.3, -0.25) is 14.5 Å². The molecule has 0 saturated carbocycles. The summed E-state index contributed by atoms with van der Waals surface area (Å²) >= 11 is 0. The molecule has 1 aromatic carbocycles. The van der Waals surface area contributed by atoms with E-state index in [9.17, 15) is 14.0 Å². The molecule has 2 rings (SSSR count). The number of piperazine rings is 1. The van der Waals surface area contributed by atoms with E-state index in [0.29, 0.717) is 19.6 Å². The van der Waals surface area contributed by atoms with Gasteiger partial charge in [0.05, 0.1) is 6.42 Å². The van der Waals surface area contributed by atoms with E-state index in [2.05, 4.69) is 5.32 Å². The van der Waals surface area contributed by atoms with Crippen LogP contribution < -0.4 is 5.32 Å². The van der Waals surface area contributed by atoms with Gasteiger partial charge < -0.3 is 10.4 Å². The van der Waals surface area contributed by atoms with Crippen LogP contribution in [0.25, 0.3) is 0 Å². The van der Waals surface area contributed by atoms with Crippen molar-refractivity contribution in [2.45, 2.75) is 19.0 Å². The van der Waals surface area contributed by atoms with Crippen LogP contribution in [0, 0.1) is 5.82 Å². The summed E-state index contributed by atoms with van der Waals surface area (Å²) in [5, 5.41) is 11.5. The van der Waals surface area contributed by atoms with E-state index < -0.39 is 12.0 Å². The summed E-state index contributed by atoms with van der Waals surface area (Å²) in [6, 6.07) is 5.31. The summed E-state index contributed by atoms with van der Waals surface area (Å²) in [7, 11) is 0. The monoisotopic (exact) mass is 266 g/mol. The molecular weight excluding hydrogens is 251 g/mol. The topological polar surface area (TPSA) is 69.6 Å². The first-order valence-electron chi connectivity index (χ1n) is 6.04. The van der Waals surface area contributed by atoms with E-state index in [0.717, 1.165) is 5.56 Å². The van der Waals surface area contributed by atoms with Crippen LogP contribution in [0.5, 0.6) is 0 Å². The Morgan fingerprint density at radius 3 is 2.74 bits per heavy atom. The molecule has 1 heterocycles. The number of nitrogens with zero attached hydrogens (tertiary/aromatic N) is 1. The molecule has 6 heteroatoms. The summed E-state index contributed by atoms with van der Waals surface area (Å²) in [6.07, 6.45) is -0.229. The summed E-state index contributed by atoms with van der Waals surface area (Å²) in [6.45, 7) is 1.52. The molecule has 1 aliphatic rings. The second kappa shape index (κ2) is 5.79. The normalized spacial score (nSPS) is 20.1. The molecule has 5 nitrogen and oxygen atoms in total. The Kier molecular flexibility index (Phi) is 4.11. The van der Waals surface area contributed by atoms with Gasteiger partial charge in [0, 0.05) is 19.6 Å². The van der Waals surface area contributed by atoms with Gasteiger partial charge in [0.1, 0.15) is 11.9 Å². The molecule has 1 amide bonds. The molecule has 0 aromatic heterocycles. The number of aliphatic carboxylic acids is 1. The Hall–Kier alpha value is -1.95. The van der Waals surface area contributed by atoms with Crippen LogP contribution in [-0.4, -0.2) is 41.0 Å². The lowest BCUT2D eigenvalue weighted by molar-refractivity contribution is -0.143. The van der Waals surface area contributed by atoms with E-state index in [-0.39, 0.29) is 18.1 Å². The zero-order valence-electron chi connectivity index (χ0n) is 10.3. The smallest absolute Gasteiger partial charge is 0.305 e. The van der Waals surface area contributed by atoms with E-state index >= 15 is 0 Å². The Morgan fingerprint density at radius 1 is 1.42 bits per heavy atom. The lowest BCUT2D eigenvalue weighted by atomic mass is 10.1. The predicted octanol–water partition coefficient (Wildman–Crippen LogP) is 0.601. The fraction of sp³-hybridized carbons (Fsp3) is 0.385. The van der Waals surface area contributed by atoms with Crippen molar-refractivity contribution >= 4 is 11.9 Å². The number of halogens is 1. The van der Waals surface area contributed by atoms with Gasteiger partial charge in [-0.1, -0.05) is 12.1 Å². The molecule has 1 aliphatic heterocycles. The van der Waals surface area contributed by atoms with E-state index in [1.165, 1.54) is 12.1 Å². The molecule has 1 atom stereocenters. The number of nitrogens with one attached hydrogen (secondary N) is 1. The molecule has 0 unspecified atom stereocenters. The predicted molar refractivity (Wildman–Crippen MR) is 65.9 cm³/mol. The highest BCUT2D eigenvalue weighted by Gasteiger charge is 2.31. The first-order chi connectivity index (χ1) is 9.06. The van der Waals surface area contributed by atoms with E-state index in [4.69, 9.17) is 5.11 Å². The number of hydrogen-bond donors (Lipinski definition) is 2. The lowest BCUT2D eigenvalue weighted by Crippen LogP contribution is -2.55. The van der Waals surface area contributed by atoms with Gasteiger partial charge in [-0.2, -0.15) is 0 Å². The van der Waals surface area contributed by atoms with Gasteiger partial charge in [0.2, 0.25) is 5.91 Å². The molecule has 0 aliphatic carbocycles. The maximum Gasteiger partial charge on any atom is 0.305 e. The van der Waals surface area contributed by atoms with Crippen molar-refractivity contribution in [3.8, 4) is 0 Å². The number of amides is 1. The number of carboxylic acids is 1. The molecular formula is C13H15FN2O3. The SMILES string of the molecule is O=C(O)C[C@H]1C(=O)NCCN1Cc1ccc(F)cc1. The van der Waals surface area contributed by atoms with E-state index in [1.807, 2.05) is 0 Å². The van der Waals surface area contributed by atoms with Crippen molar-refractivity contribution in [1.29, 1.82) is 0 Å². The highest BCUT2D eigenvalue weighted by molar-refractivity contribution is 5.86. The van der Waals surface area contributed by atoms with Crippen LogP contribution >= 0.6 is 0 Å². The third kappa shape index (κ3) is 3.51. The molecule has 0 radical (unpaired) electrons. The third-order valence-corrected chi connectivity index (χ3v) is 3.11. The second-order valence-corrected chi connectivity index (χ2v) is 4.50. The molecule has 2 N–H and O–H groups in total. The summed E-state index contributed by atoms with van der Waals surface area (Å²) in [4.78, 5) is 24.3. The second-order valence-electron chi connectivity index (χ2n) is 4.50. The van der Waals surface area contributed by atoms with Crippen molar-refractivity contribution in [3.63, 3.8) is 0 Å². The van der Waals surface area contributed by atoms with Crippen molar-refractivity contribution < 1.29 is 19.1 Å². The van der Waals surface area contributed by atoms with Crippen molar-refractivity contribution in [1.82, 2.24) is 10.2 Å². The van der Waals surface area contributed by atoms with Gasteiger partial charge in [-0.15, -0.1) is 0 Å². The lowest BCUT2D eigenvalue weighted by Gasteiger charge is -2.34. The van der Waals surface area contributed by atoms with Crippen molar-refractivity contribution in [2.24, 2.45) is 0 Å². The largest absolute Gasteiger partial charge is 0.481 e. The first-order valence-corrected chi connectivity index (χ1v) is 6.04. The molecule has 1 saturated heterocycles. The van der Waals surface area contributed by atoms with Crippen molar-refractivity contribution in [2.75, 3.05) is 13.1 Å². The Labute approximate surface area is 110 Å². The molecule has 0 bridgehead atoms. The molecule has 0 spiro atoms. The van der Waals surface area contributed by atoms with Gasteiger partial charge in [0.15, 0.2) is 0 Å². The maximum absolute atomic E-state index is 12.8. The van der Waals surface area contributed by atoms with Crippen LogP contribution in [0.3, 0.4) is 0 Å². The van der Waals surface area contributed by atoms with Gasteiger partial charge in [0.25, 0.3) is 0 Å². The zero-order chi connectivity index (χ0) is 13.8. The highest BCUT2D eigenvalue weighted by atomic mass is 19.1. The third-order valence-electron chi connectivity index (χ3n) is 3.11. The summed E-state index contributed by atoms with van der Waals surface area (Å²) in [5.74, 6) is -1.59. The highest BCUT2D eigenvalue weighted by Crippen LogP contribution is 2.14. The standard InChI is InChI=1S/C13H15FN2O3/c14-10-3-1-9(2-4-10)8-16-6-5-15-13(19)11(16)7-12(17)18/h1-4,11H,5-8H2,(H,15,19)(H,17,18)/t11-/m0/s1. The fourth-order valence-corrected chi connectivity index (χ4v) is 2.16. The summed E-state index contributed by atoms with van der Waals surface area (Å²) in [5.41, 5.74) is 0.853. The molecule has 19 heavy (non-hydrogen) atoms. The average Bonchev–Trinajstić information content (AvgIpc) is 2.36. The Balaban J connectivity index is 2.09. The van der Waals surface area contributed by atoms with Crippen LogP contribution in [0.1, 0.15) is 12.0 Å². The minimum atomic E-state index is -1.01. The summed E-state index contributed by atoms with van der Waals surface area (Å²) < 4.78 is 12.8. The zero-order valence-corrected chi connectivity index (χ0v) is 10.3. The number of carboxylic acid groups (broad SMARTS) is 1. The Morgan fingerprint density at radius 2 is 2.11 bits per heavy atom. The number of rotatable bonds is 4. The van der Waals surface area contributed by atoms with E-state index in [1.54, 1.807) is 17.0 Å². The van der Waals surface area contributed by atoms with Crippen LogP contribution in [0.15, 0.2) is 24.3 Å². The van der Waals surface area contributed by atoms with Gasteiger partial charge >= 0.3 is 5.97 Å². The van der Waals surface area contributed by atoms with Gasteiger partial charge in [-0.25, -0.2) is 4.39 Å². The number of carbonyl (C=O) groups excluding carboxylic acids is 1. The van der Waals surface area contributed by atoms with Crippen molar-refractivity contribution in [3.05, 3.63) is 35.6 Å². The van der Waals surface area contributed by atoms with Crippen LogP contribution in [-0.2, 0) is 16.1 Å². The first kappa shape index (κ1) is 13.5.